The highest BCUT2D eigenvalue weighted by Gasteiger charge is 2.15. The lowest BCUT2D eigenvalue weighted by molar-refractivity contribution is 0.0935. The second-order valence-electron chi connectivity index (χ2n) is 3.82. The third kappa shape index (κ3) is 2.92. The van der Waals surface area contributed by atoms with Crippen LogP contribution in [0.4, 0.5) is 4.39 Å². The summed E-state index contributed by atoms with van der Waals surface area (Å²) in [5, 5.41) is 4.86. The van der Waals surface area contributed by atoms with Gasteiger partial charge in [0.2, 0.25) is 5.95 Å². The summed E-state index contributed by atoms with van der Waals surface area (Å²) in [5.74, 6) is -0.927. The molecule has 1 amide bonds. The highest BCUT2D eigenvalue weighted by atomic mass is 32.1. The van der Waals surface area contributed by atoms with Gasteiger partial charge in [0, 0.05) is 22.7 Å². The maximum atomic E-state index is 12.9. The Labute approximate surface area is 109 Å². The van der Waals surface area contributed by atoms with E-state index in [-0.39, 0.29) is 17.5 Å². The fourth-order valence-corrected chi connectivity index (χ4v) is 2.51. The molecule has 0 radical (unpaired) electrons. The fourth-order valence-electron chi connectivity index (χ4n) is 1.65. The smallest absolute Gasteiger partial charge is 0.252 e. The number of thiophene rings is 1. The molecule has 0 aliphatic rings. The zero-order chi connectivity index (χ0) is 13.0. The molecule has 2 heterocycles. The van der Waals surface area contributed by atoms with Gasteiger partial charge in [0.25, 0.3) is 5.91 Å². The first-order chi connectivity index (χ1) is 8.70. The van der Waals surface area contributed by atoms with Crippen LogP contribution < -0.4 is 5.32 Å². The lowest BCUT2D eigenvalue weighted by Gasteiger charge is -2.15. The molecule has 0 aromatic carbocycles. The van der Waals surface area contributed by atoms with E-state index < -0.39 is 5.95 Å². The van der Waals surface area contributed by atoms with E-state index in [9.17, 15) is 9.18 Å². The Morgan fingerprint density at radius 3 is 3.00 bits per heavy atom. The first-order valence-corrected chi connectivity index (χ1v) is 6.54. The van der Waals surface area contributed by atoms with Crippen LogP contribution >= 0.6 is 11.3 Å². The van der Waals surface area contributed by atoms with Crippen molar-refractivity contribution in [3.63, 3.8) is 0 Å². The molecule has 0 saturated heterocycles. The van der Waals surface area contributed by atoms with E-state index in [1.165, 1.54) is 12.3 Å². The van der Waals surface area contributed by atoms with Gasteiger partial charge in [0.05, 0.1) is 6.04 Å². The van der Waals surface area contributed by atoms with Gasteiger partial charge in [-0.2, -0.15) is 4.39 Å². The molecule has 5 heteroatoms. The van der Waals surface area contributed by atoms with Crippen molar-refractivity contribution < 1.29 is 9.18 Å². The van der Waals surface area contributed by atoms with Gasteiger partial charge in [-0.1, -0.05) is 13.0 Å². The number of aromatic nitrogens is 1. The molecule has 0 bridgehead atoms. The van der Waals surface area contributed by atoms with Crippen LogP contribution in [0.25, 0.3) is 0 Å². The Morgan fingerprint density at radius 1 is 1.56 bits per heavy atom. The van der Waals surface area contributed by atoms with E-state index in [2.05, 4.69) is 10.3 Å². The van der Waals surface area contributed by atoms with Crippen molar-refractivity contribution in [3.05, 3.63) is 52.2 Å². The summed E-state index contributed by atoms with van der Waals surface area (Å²) < 4.78 is 12.9. The summed E-state index contributed by atoms with van der Waals surface area (Å²) in [7, 11) is 0. The molecular weight excluding hydrogens is 251 g/mol. The van der Waals surface area contributed by atoms with Crippen LogP contribution in [-0.2, 0) is 0 Å². The Balaban J connectivity index is 2.11. The van der Waals surface area contributed by atoms with Gasteiger partial charge in [-0.15, -0.1) is 11.3 Å². The van der Waals surface area contributed by atoms with E-state index >= 15 is 0 Å². The Hall–Kier alpha value is -1.75. The monoisotopic (exact) mass is 264 g/mol. The molecule has 0 aliphatic carbocycles. The largest absolute Gasteiger partial charge is 0.344 e. The second kappa shape index (κ2) is 5.73. The molecule has 0 spiro atoms. The minimum Gasteiger partial charge on any atom is -0.344 e. The van der Waals surface area contributed by atoms with Crippen LogP contribution in [0.2, 0.25) is 0 Å². The lowest BCUT2D eigenvalue weighted by atomic mass is 10.1. The Morgan fingerprint density at radius 2 is 2.39 bits per heavy atom. The quantitative estimate of drug-likeness (QED) is 0.862. The molecule has 3 nitrogen and oxygen atoms in total. The SMILES string of the molecule is CCC(NC(=O)c1ccnc(F)c1)c1cccs1. The van der Waals surface area contributed by atoms with Crippen molar-refractivity contribution in [1.82, 2.24) is 10.3 Å². The Bertz CT molecular complexity index is 528. The second-order valence-corrected chi connectivity index (χ2v) is 4.80. The summed E-state index contributed by atoms with van der Waals surface area (Å²) in [6.45, 7) is 2.00. The van der Waals surface area contributed by atoms with Crippen molar-refractivity contribution in [3.8, 4) is 0 Å². The lowest BCUT2D eigenvalue weighted by Crippen LogP contribution is -2.27. The van der Waals surface area contributed by atoms with Gasteiger partial charge in [-0.3, -0.25) is 4.79 Å². The zero-order valence-electron chi connectivity index (χ0n) is 9.89. The number of halogens is 1. The standard InChI is InChI=1S/C13H13FN2OS/c1-2-10(11-4-3-7-18-11)16-13(17)9-5-6-15-12(14)8-9/h3-8,10H,2H2,1H3,(H,16,17). The summed E-state index contributed by atoms with van der Waals surface area (Å²) in [6, 6.07) is 6.53. The molecule has 1 N–H and O–H groups in total. The number of carbonyl (C=O) groups is 1. The number of rotatable bonds is 4. The van der Waals surface area contributed by atoms with Crippen LogP contribution in [-0.4, -0.2) is 10.9 Å². The van der Waals surface area contributed by atoms with Gasteiger partial charge >= 0.3 is 0 Å². The summed E-state index contributed by atoms with van der Waals surface area (Å²) in [5.41, 5.74) is 0.289. The summed E-state index contributed by atoms with van der Waals surface area (Å²) in [6.07, 6.45) is 2.08. The summed E-state index contributed by atoms with van der Waals surface area (Å²) in [4.78, 5) is 16.5. The van der Waals surface area contributed by atoms with Crippen molar-refractivity contribution in [1.29, 1.82) is 0 Å². The van der Waals surface area contributed by atoms with Crippen LogP contribution in [0.5, 0.6) is 0 Å². The van der Waals surface area contributed by atoms with Crippen LogP contribution in [0.1, 0.15) is 34.6 Å². The van der Waals surface area contributed by atoms with Crippen molar-refractivity contribution in [2.24, 2.45) is 0 Å². The minimum atomic E-state index is -0.646. The number of hydrogen-bond donors (Lipinski definition) is 1. The van der Waals surface area contributed by atoms with Gasteiger partial charge in [-0.25, -0.2) is 4.98 Å². The number of amides is 1. The highest BCUT2D eigenvalue weighted by molar-refractivity contribution is 7.10. The number of pyridine rings is 1. The average molecular weight is 264 g/mol. The number of hydrogen-bond acceptors (Lipinski definition) is 3. The Kier molecular flexibility index (Phi) is 4.04. The normalized spacial score (nSPS) is 12.1. The highest BCUT2D eigenvalue weighted by Crippen LogP contribution is 2.22. The van der Waals surface area contributed by atoms with Crippen molar-refractivity contribution in [2.75, 3.05) is 0 Å². The molecular formula is C13H13FN2OS. The maximum Gasteiger partial charge on any atom is 0.252 e. The molecule has 94 valence electrons. The molecule has 0 aliphatic heterocycles. The van der Waals surface area contributed by atoms with Crippen LogP contribution in [0.3, 0.4) is 0 Å². The van der Waals surface area contributed by atoms with Gasteiger partial charge in [0.15, 0.2) is 0 Å². The molecule has 2 aromatic rings. The average Bonchev–Trinajstić information content (AvgIpc) is 2.89. The number of carbonyl (C=O) groups excluding carboxylic acids is 1. The maximum absolute atomic E-state index is 12.9. The summed E-state index contributed by atoms with van der Waals surface area (Å²) >= 11 is 1.59. The molecule has 1 atom stereocenters. The molecule has 18 heavy (non-hydrogen) atoms. The fraction of sp³-hybridized carbons (Fsp3) is 0.231. The first kappa shape index (κ1) is 12.7. The van der Waals surface area contributed by atoms with Crippen LogP contribution in [0.15, 0.2) is 35.8 Å². The third-order valence-electron chi connectivity index (χ3n) is 2.59. The van der Waals surface area contributed by atoms with E-state index in [1.54, 1.807) is 11.3 Å². The molecule has 1 unspecified atom stereocenters. The zero-order valence-corrected chi connectivity index (χ0v) is 10.7. The number of nitrogens with zero attached hydrogens (tertiary/aromatic N) is 1. The molecule has 0 saturated carbocycles. The van der Waals surface area contributed by atoms with E-state index in [0.717, 1.165) is 17.4 Å². The molecule has 2 aromatic heterocycles. The number of nitrogens with one attached hydrogen (secondary N) is 1. The minimum absolute atomic E-state index is 0.0336. The van der Waals surface area contributed by atoms with Gasteiger partial charge in [-0.05, 0) is 23.9 Å². The predicted molar refractivity (Wildman–Crippen MR) is 69.0 cm³/mol. The van der Waals surface area contributed by atoms with Crippen molar-refractivity contribution in [2.45, 2.75) is 19.4 Å². The molecule has 2 rings (SSSR count). The van der Waals surface area contributed by atoms with E-state index in [1.807, 2.05) is 24.4 Å². The molecule has 0 fully saturated rings. The predicted octanol–water partition coefficient (Wildman–Crippen LogP) is 3.16. The first-order valence-electron chi connectivity index (χ1n) is 5.66. The van der Waals surface area contributed by atoms with Crippen molar-refractivity contribution >= 4 is 17.2 Å². The van der Waals surface area contributed by atoms with E-state index in [0.29, 0.717) is 0 Å². The third-order valence-corrected chi connectivity index (χ3v) is 3.57. The van der Waals surface area contributed by atoms with E-state index in [4.69, 9.17) is 0 Å². The van der Waals surface area contributed by atoms with Gasteiger partial charge in [0.1, 0.15) is 0 Å². The van der Waals surface area contributed by atoms with Crippen LogP contribution in [0, 0.1) is 5.95 Å². The van der Waals surface area contributed by atoms with Gasteiger partial charge < -0.3 is 5.32 Å². The topological polar surface area (TPSA) is 42.0 Å².